The lowest BCUT2D eigenvalue weighted by molar-refractivity contribution is 0.0944. The first kappa shape index (κ1) is 14.8. The van der Waals surface area contributed by atoms with E-state index < -0.39 is 0 Å². The molecule has 18 heavy (non-hydrogen) atoms. The number of carbonyl (C=O) groups excluding carboxylic acids is 1. The minimum absolute atomic E-state index is 0. The second-order valence-corrected chi connectivity index (χ2v) is 5.06. The van der Waals surface area contributed by atoms with E-state index in [0.717, 1.165) is 6.54 Å². The Kier molecular flexibility index (Phi) is 5.03. The number of nitrogen functional groups attached to an aromatic ring is 1. The van der Waals surface area contributed by atoms with E-state index in [2.05, 4.69) is 12.2 Å². The number of hydrogen-bond donors (Lipinski definition) is 2. The van der Waals surface area contributed by atoms with E-state index in [1.54, 1.807) is 18.2 Å². The van der Waals surface area contributed by atoms with E-state index in [0.29, 0.717) is 16.7 Å². The molecular formula is C14H21ClN2O. The minimum atomic E-state index is -0.0142. The van der Waals surface area contributed by atoms with Crippen molar-refractivity contribution in [2.24, 2.45) is 5.41 Å². The molecule has 100 valence electrons. The molecule has 0 bridgehead atoms. The minimum Gasteiger partial charge on any atom is -0.399 e. The van der Waals surface area contributed by atoms with E-state index in [1.165, 1.54) is 25.7 Å². The summed E-state index contributed by atoms with van der Waals surface area (Å²) in [7, 11) is 0. The summed E-state index contributed by atoms with van der Waals surface area (Å²) in [5.74, 6) is -0.0142. The van der Waals surface area contributed by atoms with Crippen LogP contribution in [0.15, 0.2) is 24.3 Å². The van der Waals surface area contributed by atoms with Crippen molar-refractivity contribution in [2.75, 3.05) is 12.3 Å². The number of carbonyl (C=O) groups is 1. The summed E-state index contributed by atoms with van der Waals surface area (Å²) in [6, 6.07) is 7.11. The maximum absolute atomic E-state index is 11.9. The fraction of sp³-hybridized carbons (Fsp3) is 0.500. The average molecular weight is 269 g/mol. The van der Waals surface area contributed by atoms with Crippen LogP contribution < -0.4 is 11.1 Å². The summed E-state index contributed by atoms with van der Waals surface area (Å²) in [6.07, 6.45) is 4.90. The van der Waals surface area contributed by atoms with Crippen molar-refractivity contribution in [3.63, 3.8) is 0 Å². The van der Waals surface area contributed by atoms with Gasteiger partial charge in [0.1, 0.15) is 0 Å². The van der Waals surface area contributed by atoms with Crippen LogP contribution in [-0.4, -0.2) is 12.5 Å². The van der Waals surface area contributed by atoms with Gasteiger partial charge in [0.2, 0.25) is 0 Å². The molecule has 4 heteroatoms. The van der Waals surface area contributed by atoms with Crippen molar-refractivity contribution in [2.45, 2.75) is 32.6 Å². The van der Waals surface area contributed by atoms with Crippen molar-refractivity contribution in [1.82, 2.24) is 5.32 Å². The zero-order chi connectivity index (χ0) is 12.3. The fourth-order valence-electron chi connectivity index (χ4n) is 2.27. The van der Waals surface area contributed by atoms with Crippen LogP contribution in [0.5, 0.6) is 0 Å². The van der Waals surface area contributed by atoms with Gasteiger partial charge >= 0.3 is 0 Å². The molecule has 0 atom stereocenters. The Morgan fingerprint density at radius 1 is 1.44 bits per heavy atom. The van der Waals surface area contributed by atoms with Gasteiger partial charge in [-0.05, 0) is 42.9 Å². The second kappa shape index (κ2) is 6.10. The van der Waals surface area contributed by atoms with E-state index in [-0.39, 0.29) is 18.3 Å². The first-order valence-corrected chi connectivity index (χ1v) is 6.29. The number of halogens is 1. The van der Waals surface area contributed by atoms with Gasteiger partial charge in [-0.15, -0.1) is 12.4 Å². The number of hydrogen-bond acceptors (Lipinski definition) is 2. The van der Waals surface area contributed by atoms with Gasteiger partial charge in [-0.1, -0.05) is 19.4 Å². The third-order valence-corrected chi connectivity index (χ3v) is 3.51. The van der Waals surface area contributed by atoms with Gasteiger partial charge < -0.3 is 11.1 Å². The molecule has 1 aromatic rings. The zero-order valence-corrected chi connectivity index (χ0v) is 11.6. The van der Waals surface area contributed by atoms with Crippen LogP contribution in [0.2, 0.25) is 0 Å². The Hall–Kier alpha value is -1.22. The maximum Gasteiger partial charge on any atom is 0.251 e. The van der Waals surface area contributed by atoms with Gasteiger partial charge in [0.05, 0.1) is 0 Å². The van der Waals surface area contributed by atoms with Gasteiger partial charge in [0, 0.05) is 17.8 Å². The molecule has 0 aliphatic heterocycles. The third-order valence-electron chi connectivity index (χ3n) is 3.51. The summed E-state index contributed by atoms with van der Waals surface area (Å²) >= 11 is 0. The fourth-order valence-corrected chi connectivity index (χ4v) is 2.27. The quantitative estimate of drug-likeness (QED) is 0.807. The smallest absolute Gasteiger partial charge is 0.251 e. The lowest BCUT2D eigenvalue weighted by Gasteiger charge is -2.14. The van der Waals surface area contributed by atoms with Crippen molar-refractivity contribution in [1.29, 1.82) is 0 Å². The molecular weight excluding hydrogens is 248 g/mol. The highest BCUT2D eigenvalue weighted by Gasteiger charge is 2.41. The number of amides is 1. The second-order valence-electron chi connectivity index (χ2n) is 5.06. The summed E-state index contributed by atoms with van der Waals surface area (Å²) in [4.78, 5) is 11.9. The predicted molar refractivity (Wildman–Crippen MR) is 77.0 cm³/mol. The Balaban J connectivity index is 0.00000162. The molecule has 1 aliphatic rings. The van der Waals surface area contributed by atoms with Crippen LogP contribution in [0.1, 0.15) is 43.0 Å². The van der Waals surface area contributed by atoms with Crippen molar-refractivity contribution >= 4 is 24.0 Å². The van der Waals surface area contributed by atoms with Gasteiger partial charge in [0.15, 0.2) is 0 Å². The molecule has 0 heterocycles. The maximum atomic E-state index is 11.9. The number of nitrogens with two attached hydrogens (primary N) is 1. The monoisotopic (exact) mass is 268 g/mol. The number of anilines is 1. The van der Waals surface area contributed by atoms with E-state index in [4.69, 9.17) is 5.73 Å². The molecule has 0 saturated heterocycles. The first-order chi connectivity index (χ1) is 8.15. The number of benzene rings is 1. The van der Waals surface area contributed by atoms with Crippen molar-refractivity contribution in [3.8, 4) is 0 Å². The van der Waals surface area contributed by atoms with Gasteiger partial charge in [-0.3, -0.25) is 4.79 Å². The van der Waals surface area contributed by atoms with Crippen molar-refractivity contribution < 1.29 is 4.79 Å². The summed E-state index contributed by atoms with van der Waals surface area (Å²) in [6.45, 7) is 2.99. The molecule has 0 radical (unpaired) electrons. The molecule has 1 aliphatic carbocycles. The van der Waals surface area contributed by atoms with Crippen LogP contribution in [0.3, 0.4) is 0 Å². The molecule has 3 N–H and O–H groups in total. The number of nitrogens with one attached hydrogen (secondary N) is 1. The number of rotatable bonds is 5. The van der Waals surface area contributed by atoms with Gasteiger partial charge in [-0.2, -0.15) is 0 Å². The molecule has 0 unspecified atom stereocenters. The highest BCUT2D eigenvalue weighted by molar-refractivity contribution is 5.95. The third kappa shape index (κ3) is 3.64. The summed E-state index contributed by atoms with van der Waals surface area (Å²) in [5, 5.41) is 3.02. The zero-order valence-electron chi connectivity index (χ0n) is 10.7. The molecule has 0 spiro atoms. The molecule has 2 rings (SSSR count). The normalized spacial score (nSPS) is 15.6. The highest BCUT2D eigenvalue weighted by Crippen LogP contribution is 2.48. The van der Waals surface area contributed by atoms with Crippen LogP contribution in [0, 0.1) is 5.41 Å². The first-order valence-electron chi connectivity index (χ1n) is 6.29. The van der Waals surface area contributed by atoms with E-state index >= 15 is 0 Å². The molecule has 1 fully saturated rings. The van der Waals surface area contributed by atoms with Gasteiger partial charge in [-0.25, -0.2) is 0 Å². The SMILES string of the molecule is CCCC1(CNC(=O)c2cccc(N)c2)CC1.Cl. The van der Waals surface area contributed by atoms with Crippen LogP contribution in [-0.2, 0) is 0 Å². The Morgan fingerprint density at radius 3 is 2.72 bits per heavy atom. The highest BCUT2D eigenvalue weighted by atomic mass is 35.5. The molecule has 1 amide bonds. The molecule has 1 saturated carbocycles. The average Bonchev–Trinajstić information content (AvgIpc) is 3.07. The topological polar surface area (TPSA) is 55.1 Å². The van der Waals surface area contributed by atoms with Crippen LogP contribution in [0.4, 0.5) is 5.69 Å². The lowest BCUT2D eigenvalue weighted by atomic mass is 10.0. The van der Waals surface area contributed by atoms with Crippen LogP contribution >= 0.6 is 12.4 Å². The van der Waals surface area contributed by atoms with E-state index in [1.807, 2.05) is 6.07 Å². The Bertz CT molecular complexity index is 416. The molecule has 0 aromatic heterocycles. The van der Waals surface area contributed by atoms with Crippen molar-refractivity contribution in [3.05, 3.63) is 29.8 Å². The molecule has 1 aromatic carbocycles. The predicted octanol–water partition coefficient (Wildman–Crippen LogP) is 3.00. The van der Waals surface area contributed by atoms with Crippen LogP contribution in [0.25, 0.3) is 0 Å². The Labute approximate surface area is 115 Å². The van der Waals surface area contributed by atoms with Gasteiger partial charge in [0.25, 0.3) is 5.91 Å². The Morgan fingerprint density at radius 2 is 2.17 bits per heavy atom. The van der Waals surface area contributed by atoms with E-state index in [9.17, 15) is 4.79 Å². The standard InChI is InChI=1S/C14H20N2O.ClH/c1-2-6-14(7-8-14)10-16-13(17)11-4-3-5-12(15)9-11;/h3-5,9H,2,6-8,10,15H2,1H3,(H,16,17);1H. The summed E-state index contributed by atoms with van der Waals surface area (Å²) < 4.78 is 0. The molecule has 3 nitrogen and oxygen atoms in total. The largest absolute Gasteiger partial charge is 0.399 e. The summed E-state index contributed by atoms with van der Waals surface area (Å²) in [5.41, 5.74) is 7.33. The lowest BCUT2D eigenvalue weighted by Crippen LogP contribution is -2.30.